The summed E-state index contributed by atoms with van der Waals surface area (Å²) in [4.78, 5) is 53.0. The van der Waals surface area contributed by atoms with Crippen LogP contribution < -0.4 is 22.4 Å². The molecule has 2 saturated heterocycles. The number of carbonyl (C=O) groups is 2. The summed E-state index contributed by atoms with van der Waals surface area (Å²) < 4.78 is 40.2. The molecule has 0 bridgehead atoms. The second kappa shape index (κ2) is 16.1. The Labute approximate surface area is 262 Å². The molecule has 6 rings (SSSR count). The topological polar surface area (TPSA) is 181 Å². The number of aromatic nitrogens is 4. The highest BCUT2D eigenvalue weighted by atomic mass is 32.1. The molecule has 0 spiro atoms. The van der Waals surface area contributed by atoms with E-state index in [0.29, 0.717) is 29.5 Å². The van der Waals surface area contributed by atoms with Crippen LogP contribution in [0.15, 0.2) is 57.0 Å². The number of nitrogens with zero attached hydrogens (tertiary/aromatic N) is 4. The van der Waals surface area contributed by atoms with Crippen molar-refractivity contribution in [2.75, 3.05) is 24.3 Å². The number of nitrogens with two attached hydrogens (primary N) is 1. The molecule has 17 heteroatoms. The number of thiophene rings is 2. The summed E-state index contributed by atoms with van der Waals surface area (Å²) in [5, 5.41) is 14.1. The van der Waals surface area contributed by atoms with Crippen molar-refractivity contribution >= 4 is 46.2 Å². The van der Waals surface area contributed by atoms with Crippen molar-refractivity contribution < 1.29 is 33.0 Å². The molecule has 240 valence electrons. The van der Waals surface area contributed by atoms with Crippen molar-refractivity contribution in [1.82, 2.24) is 19.1 Å². The predicted molar refractivity (Wildman–Crippen MR) is 163 cm³/mol. The lowest BCUT2D eigenvalue weighted by Gasteiger charge is -2.12. The maximum atomic E-state index is 14.0. The largest absolute Gasteiger partial charge is 0.477 e. The molecule has 2 atom stereocenters. The van der Waals surface area contributed by atoms with Gasteiger partial charge in [0.05, 0.1) is 30.2 Å². The zero-order valence-electron chi connectivity index (χ0n) is 23.8. The van der Waals surface area contributed by atoms with Crippen molar-refractivity contribution in [2.24, 2.45) is 0 Å². The second-order valence-electron chi connectivity index (χ2n) is 9.77. The Kier molecular flexibility index (Phi) is 12.0. The molecule has 4 aromatic rings. The normalized spacial score (nSPS) is 17.1. The third-order valence-electron chi connectivity index (χ3n) is 6.48. The lowest BCUT2D eigenvalue weighted by atomic mass is 10.2. The van der Waals surface area contributed by atoms with Gasteiger partial charge in [0.2, 0.25) is 0 Å². The van der Waals surface area contributed by atoms with E-state index in [0.717, 1.165) is 38.1 Å². The molecule has 13 nitrogen and oxygen atoms in total. The fraction of sp³-hybridized carbons (Fsp3) is 0.357. The van der Waals surface area contributed by atoms with Crippen LogP contribution in [0.25, 0.3) is 0 Å². The van der Waals surface area contributed by atoms with Gasteiger partial charge in [-0.15, -0.1) is 22.7 Å². The van der Waals surface area contributed by atoms with Crippen molar-refractivity contribution in [3.8, 4) is 0 Å². The Hall–Kier alpha value is -4.32. The number of amides is 1. The molecule has 2 unspecified atom stereocenters. The monoisotopic (exact) mass is 664 g/mol. The minimum Gasteiger partial charge on any atom is -0.477 e. The summed E-state index contributed by atoms with van der Waals surface area (Å²) in [7, 11) is 0. The Morgan fingerprint density at radius 3 is 1.91 bits per heavy atom. The number of anilines is 2. The first-order chi connectivity index (χ1) is 21.6. The molecule has 4 aromatic heterocycles. The number of carbonyl (C=O) groups excluding carboxylic acids is 1. The van der Waals surface area contributed by atoms with Crippen molar-refractivity contribution in [3.63, 3.8) is 0 Å². The Morgan fingerprint density at radius 2 is 1.44 bits per heavy atom. The van der Waals surface area contributed by atoms with Crippen LogP contribution in [0.5, 0.6) is 0 Å². The molecular formula is C28H30F2N6O7S2. The van der Waals surface area contributed by atoms with E-state index >= 15 is 0 Å². The number of carboxylic acids is 1. The Balaban J connectivity index is 0.000000172. The average molecular weight is 665 g/mol. The number of halogens is 2. The van der Waals surface area contributed by atoms with Gasteiger partial charge in [-0.05, 0) is 48.6 Å². The van der Waals surface area contributed by atoms with Crippen LogP contribution in [0, 0.1) is 11.6 Å². The number of nitrogen functional groups attached to an aromatic ring is 1. The Morgan fingerprint density at radius 1 is 0.911 bits per heavy atom. The van der Waals surface area contributed by atoms with Crippen LogP contribution in [0.1, 0.15) is 45.0 Å². The summed E-state index contributed by atoms with van der Waals surface area (Å²) in [6, 6.07) is 6.61. The van der Waals surface area contributed by atoms with Crippen LogP contribution in [0.3, 0.4) is 0 Å². The van der Waals surface area contributed by atoms with E-state index in [9.17, 15) is 28.0 Å². The molecule has 0 radical (unpaired) electrons. The number of aromatic carboxylic acids is 1. The quantitative estimate of drug-likeness (QED) is 0.265. The van der Waals surface area contributed by atoms with Crippen molar-refractivity contribution in [1.29, 1.82) is 0 Å². The van der Waals surface area contributed by atoms with Crippen LogP contribution in [-0.2, 0) is 22.6 Å². The summed E-state index contributed by atoms with van der Waals surface area (Å²) >= 11 is 2.45. The maximum absolute atomic E-state index is 14.0. The highest BCUT2D eigenvalue weighted by molar-refractivity contribution is 7.12. The molecule has 2 aliphatic rings. The maximum Gasteiger partial charge on any atom is 0.349 e. The molecule has 0 aromatic carbocycles. The van der Waals surface area contributed by atoms with E-state index in [1.165, 1.54) is 31.8 Å². The highest BCUT2D eigenvalue weighted by Gasteiger charge is 2.20. The van der Waals surface area contributed by atoms with E-state index < -0.39 is 34.9 Å². The second-order valence-corrected chi connectivity index (χ2v) is 11.7. The van der Waals surface area contributed by atoms with Gasteiger partial charge in [0.15, 0.2) is 23.3 Å². The average Bonchev–Trinajstić information content (AvgIpc) is 3.83. The van der Waals surface area contributed by atoms with Gasteiger partial charge >= 0.3 is 17.3 Å². The van der Waals surface area contributed by atoms with Gasteiger partial charge in [-0.2, -0.15) is 9.97 Å². The van der Waals surface area contributed by atoms with Crippen molar-refractivity contribution in [2.45, 2.75) is 51.0 Å². The fourth-order valence-corrected chi connectivity index (χ4v) is 5.47. The van der Waals surface area contributed by atoms with Gasteiger partial charge in [-0.3, -0.25) is 13.9 Å². The minimum absolute atomic E-state index is 0.0208. The van der Waals surface area contributed by atoms with Crippen LogP contribution in [0.4, 0.5) is 20.4 Å². The summed E-state index contributed by atoms with van der Waals surface area (Å²) in [6.07, 6.45) is 5.66. The molecule has 1 amide bonds. The molecule has 2 aliphatic heterocycles. The van der Waals surface area contributed by atoms with Crippen molar-refractivity contribution in [3.05, 3.63) is 89.8 Å². The first-order valence-corrected chi connectivity index (χ1v) is 15.5. The zero-order valence-corrected chi connectivity index (χ0v) is 25.4. The van der Waals surface area contributed by atoms with E-state index in [4.69, 9.17) is 20.3 Å². The third kappa shape index (κ3) is 9.84. The van der Waals surface area contributed by atoms with Crippen LogP contribution in [0.2, 0.25) is 0 Å². The first kappa shape index (κ1) is 33.6. The van der Waals surface area contributed by atoms with Gasteiger partial charge in [0, 0.05) is 25.6 Å². The Bertz CT molecular complexity index is 1680. The highest BCUT2D eigenvalue weighted by Crippen LogP contribution is 2.16. The first-order valence-electron chi connectivity index (χ1n) is 13.7. The molecule has 4 N–H and O–H groups in total. The molecule has 6 heterocycles. The van der Waals surface area contributed by atoms with E-state index in [-0.39, 0.29) is 30.4 Å². The molecule has 45 heavy (non-hydrogen) atoms. The summed E-state index contributed by atoms with van der Waals surface area (Å²) in [5.74, 6) is -3.47. The molecular weight excluding hydrogens is 634 g/mol. The van der Waals surface area contributed by atoms with E-state index in [2.05, 4.69) is 15.3 Å². The lowest BCUT2D eigenvalue weighted by Crippen LogP contribution is -2.30. The molecule has 0 saturated carbocycles. The standard InChI is InChI=1S/C14H14FN3O3S.C9H12FN3O2.C5H4O2S/c15-10-8-18(7-9-3-1-5-21-9)14(20)17-12(10)16-13(19)11-4-2-6-22-11;10-7-5-13(9(14)12-8(7)11)4-6-2-1-3-15-6;6-5(7)4-2-1-3-8-4/h2,4,6,8-9H,1,3,5,7H2,(H,16,17,19,20);5-6H,1-4H2,(H2,11,12,14);1-3H,(H,6,7). The van der Waals surface area contributed by atoms with Crippen LogP contribution >= 0.6 is 22.7 Å². The summed E-state index contributed by atoms with van der Waals surface area (Å²) in [6.45, 7) is 1.96. The smallest absolute Gasteiger partial charge is 0.349 e. The lowest BCUT2D eigenvalue weighted by molar-refractivity contribution is 0.0701. The minimum atomic E-state index is -0.847. The van der Waals surface area contributed by atoms with Crippen LogP contribution in [-0.4, -0.2) is 61.5 Å². The molecule has 0 aliphatic carbocycles. The number of rotatable bonds is 7. The van der Waals surface area contributed by atoms with Gasteiger partial charge in [0.25, 0.3) is 5.91 Å². The number of hydrogen-bond acceptors (Lipinski definition) is 11. The van der Waals surface area contributed by atoms with Gasteiger partial charge in [0.1, 0.15) is 4.88 Å². The molecule has 2 fully saturated rings. The van der Waals surface area contributed by atoms with Gasteiger partial charge < -0.3 is 25.6 Å². The summed E-state index contributed by atoms with van der Waals surface area (Å²) in [5.41, 5.74) is 4.02. The predicted octanol–water partition coefficient (Wildman–Crippen LogP) is 3.47. The number of carboxylic acid groups (broad SMARTS) is 1. The van der Waals surface area contributed by atoms with Gasteiger partial charge in [-0.25, -0.2) is 23.2 Å². The fourth-order valence-electron chi connectivity index (χ4n) is 4.29. The number of ether oxygens (including phenoxy) is 2. The van der Waals surface area contributed by atoms with Gasteiger partial charge in [-0.1, -0.05) is 12.1 Å². The van der Waals surface area contributed by atoms with E-state index in [1.54, 1.807) is 35.0 Å². The third-order valence-corrected chi connectivity index (χ3v) is 8.21. The zero-order chi connectivity index (χ0) is 32.3. The SMILES string of the molecule is Nc1nc(=O)n(CC2CCCO2)cc1F.O=C(Nc1nc(=O)n(CC2CCCO2)cc1F)c1cccs1.O=C(O)c1cccs1. The number of hydrogen-bond donors (Lipinski definition) is 3. The number of nitrogens with one attached hydrogen (secondary N) is 1. The van der Waals surface area contributed by atoms with E-state index in [1.807, 2.05) is 0 Å².